The molecule has 0 radical (unpaired) electrons. The van der Waals surface area contributed by atoms with Crippen molar-refractivity contribution in [1.29, 1.82) is 5.26 Å². The Balaban J connectivity index is 1.52. The first-order valence-corrected chi connectivity index (χ1v) is 7.15. The zero-order valence-corrected chi connectivity index (χ0v) is 11.5. The minimum Gasteiger partial charge on any atom is -0.378 e. The van der Waals surface area contributed by atoms with Gasteiger partial charge in [0.1, 0.15) is 11.9 Å². The van der Waals surface area contributed by atoms with Gasteiger partial charge < -0.3 is 14.4 Å². The highest BCUT2D eigenvalue weighted by Crippen LogP contribution is 2.28. The van der Waals surface area contributed by atoms with Crippen LogP contribution in [0.3, 0.4) is 0 Å². The molecule has 1 aliphatic heterocycles. The first-order chi connectivity index (χ1) is 9.85. The highest BCUT2D eigenvalue weighted by molar-refractivity contribution is 5.42. The van der Waals surface area contributed by atoms with Crippen molar-refractivity contribution in [2.24, 2.45) is 5.92 Å². The van der Waals surface area contributed by atoms with Gasteiger partial charge in [-0.2, -0.15) is 5.26 Å². The maximum Gasteiger partial charge on any atom is 0.128 e. The Bertz CT molecular complexity index is 479. The van der Waals surface area contributed by atoms with Gasteiger partial charge in [0.25, 0.3) is 0 Å². The highest BCUT2D eigenvalue weighted by atomic mass is 16.5. The summed E-state index contributed by atoms with van der Waals surface area (Å²) in [4.78, 5) is 6.52. The lowest BCUT2D eigenvalue weighted by Gasteiger charge is -2.33. The van der Waals surface area contributed by atoms with Crippen LogP contribution in [0.4, 0.5) is 5.82 Å². The Hall–Kier alpha value is -1.64. The molecule has 1 aromatic heterocycles. The molecule has 5 heteroatoms. The zero-order chi connectivity index (χ0) is 13.8. The molecule has 1 saturated heterocycles. The van der Waals surface area contributed by atoms with Crippen molar-refractivity contribution in [3.63, 3.8) is 0 Å². The van der Waals surface area contributed by atoms with E-state index in [9.17, 15) is 0 Å². The third-order valence-electron chi connectivity index (χ3n) is 3.69. The summed E-state index contributed by atoms with van der Waals surface area (Å²) in [5.41, 5.74) is 0.589. The minimum absolute atomic E-state index is 0.111. The third-order valence-corrected chi connectivity index (χ3v) is 3.69. The van der Waals surface area contributed by atoms with E-state index in [2.05, 4.69) is 16.0 Å². The topological polar surface area (TPSA) is 58.4 Å². The number of pyridine rings is 1. The number of aromatic nitrogens is 1. The van der Waals surface area contributed by atoms with Gasteiger partial charge in [-0.3, -0.25) is 0 Å². The molecule has 2 heterocycles. The Morgan fingerprint density at radius 3 is 3.00 bits per heavy atom. The summed E-state index contributed by atoms with van der Waals surface area (Å²) in [7, 11) is 0. The Kier molecular flexibility index (Phi) is 4.14. The minimum atomic E-state index is 0.111. The van der Waals surface area contributed by atoms with E-state index in [-0.39, 0.29) is 6.10 Å². The fourth-order valence-corrected chi connectivity index (χ4v) is 2.32. The number of hydrogen-bond donors (Lipinski definition) is 0. The number of morpholine rings is 1. The monoisotopic (exact) mass is 273 g/mol. The van der Waals surface area contributed by atoms with Crippen LogP contribution >= 0.6 is 0 Å². The number of ether oxygens (including phenoxy) is 2. The summed E-state index contributed by atoms with van der Waals surface area (Å²) < 4.78 is 11.4. The van der Waals surface area contributed by atoms with Crippen LogP contribution in [0.5, 0.6) is 0 Å². The number of nitriles is 1. The van der Waals surface area contributed by atoms with Crippen LogP contribution in [0.1, 0.15) is 18.4 Å². The molecule has 2 aliphatic rings. The van der Waals surface area contributed by atoms with E-state index < -0.39 is 0 Å². The van der Waals surface area contributed by atoms with Crippen LogP contribution in [-0.2, 0) is 9.47 Å². The predicted octanol–water partition coefficient (Wildman–Crippen LogP) is 1.59. The zero-order valence-electron chi connectivity index (χ0n) is 11.5. The van der Waals surface area contributed by atoms with Crippen LogP contribution in [0, 0.1) is 17.2 Å². The van der Waals surface area contributed by atoms with E-state index in [0.29, 0.717) is 18.8 Å². The molecule has 0 bridgehead atoms. The quantitative estimate of drug-likeness (QED) is 0.815. The van der Waals surface area contributed by atoms with Crippen LogP contribution in [-0.4, -0.2) is 44.0 Å². The summed E-state index contributed by atoms with van der Waals surface area (Å²) in [6.07, 6.45) is 4.35. The maximum atomic E-state index is 8.79. The fourth-order valence-electron chi connectivity index (χ4n) is 2.32. The molecule has 0 spiro atoms. The molecule has 1 atom stereocenters. The molecule has 1 aliphatic carbocycles. The van der Waals surface area contributed by atoms with E-state index in [0.717, 1.165) is 31.4 Å². The SMILES string of the molecule is N#Cc1ccc(N2CCO[C@@H](COCC3CC3)C2)nc1. The van der Waals surface area contributed by atoms with Gasteiger partial charge in [-0.1, -0.05) is 0 Å². The highest BCUT2D eigenvalue weighted by Gasteiger charge is 2.24. The van der Waals surface area contributed by atoms with Crippen molar-refractivity contribution in [2.45, 2.75) is 18.9 Å². The van der Waals surface area contributed by atoms with Gasteiger partial charge in [0.05, 0.1) is 24.9 Å². The average molecular weight is 273 g/mol. The van der Waals surface area contributed by atoms with E-state index in [1.54, 1.807) is 12.3 Å². The molecule has 0 aromatic carbocycles. The summed E-state index contributed by atoms with van der Waals surface area (Å²) in [5.74, 6) is 1.69. The van der Waals surface area contributed by atoms with Crippen molar-refractivity contribution >= 4 is 5.82 Å². The van der Waals surface area contributed by atoms with Gasteiger partial charge in [-0.15, -0.1) is 0 Å². The molecular weight excluding hydrogens is 254 g/mol. The van der Waals surface area contributed by atoms with Crippen molar-refractivity contribution in [2.75, 3.05) is 37.8 Å². The first kappa shape index (κ1) is 13.3. The van der Waals surface area contributed by atoms with Crippen molar-refractivity contribution in [3.8, 4) is 6.07 Å². The van der Waals surface area contributed by atoms with Gasteiger partial charge in [-0.25, -0.2) is 4.98 Å². The number of rotatable bonds is 5. The van der Waals surface area contributed by atoms with Gasteiger partial charge in [0, 0.05) is 25.9 Å². The first-order valence-electron chi connectivity index (χ1n) is 7.15. The predicted molar refractivity (Wildman–Crippen MR) is 74.4 cm³/mol. The van der Waals surface area contributed by atoms with Crippen LogP contribution < -0.4 is 4.90 Å². The molecule has 5 nitrogen and oxygen atoms in total. The molecule has 1 saturated carbocycles. The van der Waals surface area contributed by atoms with E-state index in [1.807, 2.05) is 6.07 Å². The lowest BCUT2D eigenvalue weighted by Crippen LogP contribution is -2.45. The molecule has 20 heavy (non-hydrogen) atoms. The molecule has 106 valence electrons. The van der Waals surface area contributed by atoms with E-state index in [1.165, 1.54) is 12.8 Å². The third kappa shape index (κ3) is 3.47. The second-order valence-electron chi connectivity index (χ2n) is 5.44. The van der Waals surface area contributed by atoms with Gasteiger partial charge in [0.15, 0.2) is 0 Å². The summed E-state index contributed by atoms with van der Waals surface area (Å²) >= 11 is 0. The van der Waals surface area contributed by atoms with Crippen molar-refractivity contribution in [3.05, 3.63) is 23.9 Å². The standard InChI is InChI=1S/C15H19N3O2/c16-7-13-3-4-15(17-8-13)18-5-6-20-14(9-18)11-19-10-12-1-2-12/h3-4,8,12,14H,1-2,5-6,9-11H2/t14-/m1/s1. The maximum absolute atomic E-state index is 8.79. The summed E-state index contributed by atoms with van der Waals surface area (Å²) in [6, 6.07) is 5.78. The molecular formula is C15H19N3O2. The Labute approximate surface area is 119 Å². The molecule has 3 rings (SSSR count). The number of nitrogens with zero attached hydrogens (tertiary/aromatic N) is 3. The molecule has 0 N–H and O–H groups in total. The van der Waals surface area contributed by atoms with Crippen molar-refractivity contribution in [1.82, 2.24) is 4.98 Å². The molecule has 2 fully saturated rings. The number of hydrogen-bond acceptors (Lipinski definition) is 5. The summed E-state index contributed by atoms with van der Waals surface area (Å²) in [5, 5.41) is 8.79. The Morgan fingerprint density at radius 2 is 2.30 bits per heavy atom. The van der Waals surface area contributed by atoms with E-state index >= 15 is 0 Å². The van der Waals surface area contributed by atoms with E-state index in [4.69, 9.17) is 14.7 Å². The van der Waals surface area contributed by atoms with Gasteiger partial charge >= 0.3 is 0 Å². The van der Waals surface area contributed by atoms with Crippen molar-refractivity contribution < 1.29 is 9.47 Å². The lowest BCUT2D eigenvalue weighted by atomic mass is 10.2. The van der Waals surface area contributed by atoms with Gasteiger partial charge in [-0.05, 0) is 30.9 Å². The Morgan fingerprint density at radius 1 is 1.40 bits per heavy atom. The number of anilines is 1. The van der Waals surface area contributed by atoms with Gasteiger partial charge in [0.2, 0.25) is 0 Å². The lowest BCUT2D eigenvalue weighted by molar-refractivity contribution is -0.0259. The molecule has 0 amide bonds. The summed E-state index contributed by atoms with van der Waals surface area (Å²) in [6.45, 7) is 3.85. The second-order valence-corrected chi connectivity index (χ2v) is 5.44. The smallest absolute Gasteiger partial charge is 0.128 e. The molecule has 1 aromatic rings. The fraction of sp³-hybridized carbons (Fsp3) is 0.600. The van der Waals surface area contributed by atoms with Crippen LogP contribution in [0.25, 0.3) is 0 Å². The second kappa shape index (κ2) is 6.21. The van der Waals surface area contributed by atoms with Crippen LogP contribution in [0.2, 0.25) is 0 Å². The average Bonchev–Trinajstić information content (AvgIpc) is 3.32. The normalized spacial score (nSPS) is 22.6. The van der Waals surface area contributed by atoms with Crippen LogP contribution in [0.15, 0.2) is 18.3 Å². The molecule has 0 unspecified atom stereocenters. The largest absolute Gasteiger partial charge is 0.378 e.